The molecule has 23 heavy (non-hydrogen) atoms. The Kier molecular flexibility index (Phi) is 7.04. The van der Waals surface area contributed by atoms with Crippen molar-refractivity contribution < 1.29 is 0 Å². The van der Waals surface area contributed by atoms with E-state index in [0.29, 0.717) is 11.2 Å². The normalized spacial score (nSPS) is 12.0. The summed E-state index contributed by atoms with van der Waals surface area (Å²) >= 11 is 5.38. The van der Waals surface area contributed by atoms with Gasteiger partial charge in [-0.3, -0.25) is 0 Å². The van der Waals surface area contributed by atoms with Crippen molar-refractivity contribution in [3.63, 3.8) is 0 Å². The van der Waals surface area contributed by atoms with Gasteiger partial charge in [-0.2, -0.15) is 0 Å². The second kappa shape index (κ2) is 9.28. The van der Waals surface area contributed by atoms with Gasteiger partial charge in [0, 0.05) is 13.1 Å². The molecule has 0 aliphatic heterocycles. The fourth-order valence-electron chi connectivity index (χ4n) is 2.49. The summed E-state index contributed by atoms with van der Waals surface area (Å²) in [7, 11) is 4.18. The number of nitrogens with zero attached hydrogens (tertiary/aromatic N) is 1. The van der Waals surface area contributed by atoms with Gasteiger partial charge in [0.1, 0.15) is 0 Å². The fourth-order valence-corrected chi connectivity index (χ4v) is 2.68. The Morgan fingerprint density at radius 3 is 2.17 bits per heavy atom. The first-order chi connectivity index (χ1) is 11.2. The number of rotatable bonds is 7. The predicted octanol–water partition coefficient (Wildman–Crippen LogP) is 3.00. The smallest absolute Gasteiger partial charge is 0.166 e. The molecule has 0 aliphatic rings. The molecule has 0 spiro atoms. The molecule has 2 aromatic rings. The van der Waals surface area contributed by atoms with Gasteiger partial charge in [-0.25, -0.2) is 0 Å². The minimum absolute atomic E-state index is 0.296. The summed E-state index contributed by atoms with van der Waals surface area (Å²) < 4.78 is 0. The Morgan fingerprint density at radius 1 is 0.957 bits per heavy atom. The van der Waals surface area contributed by atoms with Crippen molar-refractivity contribution in [1.29, 1.82) is 0 Å². The number of hydrogen-bond donors (Lipinski definition) is 2. The van der Waals surface area contributed by atoms with Crippen LogP contribution in [0.15, 0.2) is 60.7 Å². The second-order valence-electron chi connectivity index (χ2n) is 5.76. The van der Waals surface area contributed by atoms with Crippen LogP contribution in [0.25, 0.3) is 0 Å². The van der Waals surface area contributed by atoms with Crippen molar-refractivity contribution >= 4 is 17.3 Å². The maximum Gasteiger partial charge on any atom is 0.166 e. The Hall–Kier alpha value is -1.91. The van der Waals surface area contributed by atoms with Crippen LogP contribution in [0.1, 0.15) is 17.2 Å². The van der Waals surface area contributed by atoms with E-state index in [2.05, 4.69) is 78.2 Å². The third kappa shape index (κ3) is 6.00. The number of thiocarbonyl (C=S) groups is 1. The van der Waals surface area contributed by atoms with Crippen LogP contribution in [-0.2, 0) is 6.42 Å². The van der Waals surface area contributed by atoms with E-state index in [1.807, 2.05) is 12.1 Å². The lowest BCUT2D eigenvalue weighted by Gasteiger charge is -2.25. The van der Waals surface area contributed by atoms with Crippen molar-refractivity contribution in [1.82, 2.24) is 15.5 Å². The summed E-state index contributed by atoms with van der Waals surface area (Å²) in [6.45, 7) is 1.63. The highest BCUT2D eigenvalue weighted by Crippen LogP contribution is 2.16. The molecule has 0 radical (unpaired) electrons. The van der Waals surface area contributed by atoms with Crippen molar-refractivity contribution in [2.45, 2.75) is 12.5 Å². The molecular formula is C19H25N3S. The Morgan fingerprint density at radius 2 is 1.57 bits per heavy atom. The molecule has 2 rings (SSSR count). The highest BCUT2D eigenvalue weighted by molar-refractivity contribution is 7.80. The molecule has 3 nitrogen and oxygen atoms in total. The van der Waals surface area contributed by atoms with Crippen molar-refractivity contribution in [2.24, 2.45) is 0 Å². The monoisotopic (exact) mass is 327 g/mol. The molecule has 0 saturated carbocycles. The standard InChI is InChI=1S/C19H25N3S/c1-22(2)18(17-11-7-4-8-12-17)15-21-19(23)20-14-13-16-9-5-3-6-10-16/h3-12,18H,13-15H2,1-2H3,(H2,20,21,23). The largest absolute Gasteiger partial charge is 0.362 e. The van der Waals surface area contributed by atoms with E-state index in [0.717, 1.165) is 19.5 Å². The van der Waals surface area contributed by atoms with Gasteiger partial charge in [0.25, 0.3) is 0 Å². The summed E-state index contributed by atoms with van der Waals surface area (Å²) in [6.07, 6.45) is 0.971. The Balaban J connectivity index is 1.76. The molecule has 0 amide bonds. The van der Waals surface area contributed by atoms with Crippen LogP contribution in [-0.4, -0.2) is 37.2 Å². The minimum atomic E-state index is 0.296. The maximum atomic E-state index is 5.38. The molecule has 0 bridgehead atoms. The predicted molar refractivity (Wildman–Crippen MR) is 102 cm³/mol. The molecule has 1 unspecified atom stereocenters. The first-order valence-electron chi connectivity index (χ1n) is 7.94. The highest BCUT2D eigenvalue weighted by Gasteiger charge is 2.13. The molecule has 2 N–H and O–H groups in total. The molecule has 0 aliphatic carbocycles. The number of likely N-dealkylation sites (N-methyl/N-ethyl adjacent to an activating group) is 1. The van der Waals surface area contributed by atoms with E-state index in [-0.39, 0.29) is 0 Å². The molecule has 2 aromatic carbocycles. The van der Waals surface area contributed by atoms with E-state index >= 15 is 0 Å². The molecular weight excluding hydrogens is 302 g/mol. The van der Waals surface area contributed by atoms with E-state index in [1.54, 1.807) is 0 Å². The van der Waals surface area contributed by atoms with Crippen molar-refractivity contribution in [3.8, 4) is 0 Å². The lowest BCUT2D eigenvalue weighted by Crippen LogP contribution is -2.41. The van der Waals surface area contributed by atoms with E-state index in [9.17, 15) is 0 Å². The SMILES string of the molecule is CN(C)C(CNC(=S)NCCc1ccccc1)c1ccccc1. The molecule has 122 valence electrons. The van der Waals surface area contributed by atoms with Crippen LogP contribution in [0.2, 0.25) is 0 Å². The van der Waals surface area contributed by atoms with Crippen LogP contribution in [0.4, 0.5) is 0 Å². The highest BCUT2D eigenvalue weighted by atomic mass is 32.1. The van der Waals surface area contributed by atoms with Crippen LogP contribution < -0.4 is 10.6 Å². The summed E-state index contributed by atoms with van der Waals surface area (Å²) in [5, 5.41) is 7.32. The van der Waals surface area contributed by atoms with Crippen LogP contribution >= 0.6 is 12.2 Å². The van der Waals surface area contributed by atoms with E-state index in [1.165, 1.54) is 11.1 Å². The van der Waals surface area contributed by atoms with Gasteiger partial charge in [0.15, 0.2) is 5.11 Å². The summed E-state index contributed by atoms with van der Waals surface area (Å²) in [6, 6.07) is 21.2. The van der Waals surface area contributed by atoms with E-state index in [4.69, 9.17) is 12.2 Å². The summed E-state index contributed by atoms with van der Waals surface area (Å²) in [5.74, 6) is 0. The molecule has 0 saturated heterocycles. The Labute approximate surface area is 144 Å². The number of nitrogens with one attached hydrogen (secondary N) is 2. The topological polar surface area (TPSA) is 27.3 Å². The van der Waals surface area contributed by atoms with Gasteiger partial charge in [-0.15, -0.1) is 0 Å². The third-order valence-electron chi connectivity index (χ3n) is 3.81. The zero-order valence-corrected chi connectivity index (χ0v) is 14.6. The van der Waals surface area contributed by atoms with Crippen LogP contribution in [0.3, 0.4) is 0 Å². The molecule has 0 fully saturated rings. The van der Waals surface area contributed by atoms with E-state index < -0.39 is 0 Å². The van der Waals surface area contributed by atoms with Crippen LogP contribution in [0, 0.1) is 0 Å². The van der Waals surface area contributed by atoms with Gasteiger partial charge in [0.2, 0.25) is 0 Å². The minimum Gasteiger partial charge on any atom is -0.362 e. The maximum absolute atomic E-state index is 5.38. The second-order valence-corrected chi connectivity index (χ2v) is 6.17. The average Bonchev–Trinajstić information content (AvgIpc) is 2.57. The van der Waals surface area contributed by atoms with Crippen molar-refractivity contribution in [2.75, 3.05) is 27.2 Å². The summed E-state index contributed by atoms with van der Waals surface area (Å²) in [5.41, 5.74) is 2.61. The van der Waals surface area contributed by atoms with Crippen LogP contribution in [0.5, 0.6) is 0 Å². The first kappa shape index (κ1) is 17.4. The molecule has 1 atom stereocenters. The first-order valence-corrected chi connectivity index (χ1v) is 8.34. The molecule has 0 heterocycles. The number of hydrogen-bond acceptors (Lipinski definition) is 2. The van der Waals surface area contributed by atoms with Gasteiger partial charge in [-0.05, 0) is 43.9 Å². The average molecular weight is 327 g/mol. The summed E-state index contributed by atoms with van der Waals surface area (Å²) in [4.78, 5) is 2.20. The molecule has 4 heteroatoms. The Bertz CT molecular complexity index is 584. The number of benzene rings is 2. The lowest BCUT2D eigenvalue weighted by molar-refractivity contribution is 0.298. The zero-order chi connectivity index (χ0) is 16.5. The fraction of sp³-hybridized carbons (Fsp3) is 0.316. The quantitative estimate of drug-likeness (QED) is 0.765. The molecule has 0 aromatic heterocycles. The lowest BCUT2D eigenvalue weighted by atomic mass is 10.1. The van der Waals surface area contributed by atoms with Crippen molar-refractivity contribution in [3.05, 3.63) is 71.8 Å². The third-order valence-corrected chi connectivity index (χ3v) is 4.09. The van der Waals surface area contributed by atoms with Gasteiger partial charge in [0.05, 0.1) is 6.04 Å². The van der Waals surface area contributed by atoms with Gasteiger partial charge >= 0.3 is 0 Å². The zero-order valence-electron chi connectivity index (χ0n) is 13.8. The van der Waals surface area contributed by atoms with Gasteiger partial charge < -0.3 is 15.5 Å². The van der Waals surface area contributed by atoms with Gasteiger partial charge in [-0.1, -0.05) is 60.7 Å².